The first-order valence-electron chi connectivity index (χ1n) is 7.42. The number of halogens is 1. The third-order valence-electron chi connectivity index (χ3n) is 4.65. The number of rotatable bonds is 3. The zero-order valence-electron chi connectivity index (χ0n) is 11.6. The molecule has 2 N–H and O–H groups in total. The van der Waals surface area contributed by atoms with Crippen LogP contribution in [0.3, 0.4) is 0 Å². The summed E-state index contributed by atoms with van der Waals surface area (Å²) in [6.07, 6.45) is 5.33. The number of hydrogen-bond acceptors (Lipinski definition) is 2. The predicted octanol–water partition coefficient (Wildman–Crippen LogP) is 3.63. The van der Waals surface area contributed by atoms with Crippen molar-refractivity contribution >= 4 is 15.9 Å². The zero-order valence-corrected chi connectivity index (χ0v) is 13.2. The van der Waals surface area contributed by atoms with E-state index in [2.05, 4.69) is 46.0 Å². The Kier molecular flexibility index (Phi) is 3.97. The van der Waals surface area contributed by atoms with E-state index in [9.17, 15) is 0 Å². The second-order valence-corrected chi connectivity index (χ2v) is 6.91. The first-order chi connectivity index (χ1) is 9.20. The molecular weight excluding hydrogens is 300 g/mol. The highest BCUT2D eigenvalue weighted by Crippen LogP contribution is 2.43. The molecule has 0 amide bonds. The number of aryl methyl sites for hydroxylation is 1. The van der Waals surface area contributed by atoms with Gasteiger partial charge in [0.2, 0.25) is 0 Å². The van der Waals surface area contributed by atoms with Crippen molar-refractivity contribution in [2.45, 2.75) is 44.7 Å². The molecule has 1 saturated carbocycles. The number of nitrogens with zero attached hydrogens (tertiary/aromatic N) is 1. The van der Waals surface area contributed by atoms with Crippen molar-refractivity contribution < 1.29 is 0 Å². The van der Waals surface area contributed by atoms with Crippen LogP contribution >= 0.6 is 15.9 Å². The molecule has 1 saturated heterocycles. The summed E-state index contributed by atoms with van der Waals surface area (Å²) < 4.78 is 1.22. The van der Waals surface area contributed by atoms with Gasteiger partial charge in [-0.3, -0.25) is 4.90 Å². The van der Waals surface area contributed by atoms with Crippen LogP contribution in [0.25, 0.3) is 0 Å². The fraction of sp³-hybridized carbons (Fsp3) is 0.625. The van der Waals surface area contributed by atoms with Crippen LogP contribution in [0.2, 0.25) is 0 Å². The minimum atomic E-state index is 0.531. The van der Waals surface area contributed by atoms with E-state index in [4.69, 9.17) is 5.73 Å². The summed E-state index contributed by atoms with van der Waals surface area (Å²) in [5, 5.41) is 0. The molecule has 3 heteroatoms. The Balaban J connectivity index is 1.93. The summed E-state index contributed by atoms with van der Waals surface area (Å²) in [5.74, 6) is 0.615. The molecule has 0 bridgehead atoms. The monoisotopic (exact) mass is 322 g/mol. The number of nitrogens with two attached hydrogens (primary N) is 1. The van der Waals surface area contributed by atoms with Gasteiger partial charge in [-0.2, -0.15) is 0 Å². The van der Waals surface area contributed by atoms with E-state index in [-0.39, 0.29) is 0 Å². The van der Waals surface area contributed by atoms with Gasteiger partial charge in [0.05, 0.1) is 0 Å². The minimum Gasteiger partial charge on any atom is -0.330 e. The van der Waals surface area contributed by atoms with Gasteiger partial charge in [-0.25, -0.2) is 0 Å². The van der Waals surface area contributed by atoms with Crippen LogP contribution in [0.5, 0.6) is 0 Å². The Bertz CT molecular complexity index is 456. The Morgan fingerprint density at radius 2 is 2.11 bits per heavy atom. The maximum Gasteiger partial charge on any atom is 0.0391 e. The highest BCUT2D eigenvalue weighted by molar-refractivity contribution is 9.10. The SMILES string of the molecule is Cc1ccc(C2C(CN)CCCN2C2CC2)cc1Br. The van der Waals surface area contributed by atoms with Crippen LogP contribution in [-0.2, 0) is 0 Å². The molecule has 2 unspecified atom stereocenters. The zero-order chi connectivity index (χ0) is 13.4. The highest BCUT2D eigenvalue weighted by Gasteiger charge is 2.39. The third kappa shape index (κ3) is 2.74. The molecule has 2 fully saturated rings. The van der Waals surface area contributed by atoms with E-state index in [0.717, 1.165) is 12.6 Å². The number of hydrogen-bond donors (Lipinski definition) is 1. The summed E-state index contributed by atoms with van der Waals surface area (Å²) in [4.78, 5) is 2.72. The fourth-order valence-corrected chi connectivity index (χ4v) is 3.82. The average molecular weight is 323 g/mol. The van der Waals surface area contributed by atoms with Gasteiger partial charge in [-0.05, 0) is 68.8 Å². The van der Waals surface area contributed by atoms with Crippen molar-refractivity contribution in [3.63, 3.8) is 0 Å². The maximum absolute atomic E-state index is 6.04. The van der Waals surface area contributed by atoms with Gasteiger partial charge < -0.3 is 5.73 Å². The predicted molar refractivity (Wildman–Crippen MR) is 83.1 cm³/mol. The van der Waals surface area contributed by atoms with Crippen LogP contribution in [0.1, 0.15) is 42.9 Å². The van der Waals surface area contributed by atoms with E-state index in [1.54, 1.807) is 0 Å². The molecule has 0 radical (unpaired) electrons. The van der Waals surface area contributed by atoms with Gasteiger partial charge in [-0.1, -0.05) is 28.1 Å². The normalized spacial score (nSPS) is 28.6. The Labute approximate surface area is 124 Å². The summed E-state index contributed by atoms with van der Waals surface area (Å²) in [5.41, 5.74) is 8.79. The Morgan fingerprint density at radius 1 is 1.32 bits per heavy atom. The van der Waals surface area contributed by atoms with Gasteiger partial charge in [0.25, 0.3) is 0 Å². The van der Waals surface area contributed by atoms with Crippen LogP contribution in [-0.4, -0.2) is 24.0 Å². The average Bonchev–Trinajstić information content (AvgIpc) is 3.25. The molecule has 1 aromatic carbocycles. The number of likely N-dealkylation sites (tertiary alicyclic amines) is 1. The summed E-state index contributed by atoms with van der Waals surface area (Å²) in [7, 11) is 0. The quantitative estimate of drug-likeness (QED) is 0.920. The first-order valence-corrected chi connectivity index (χ1v) is 8.22. The largest absolute Gasteiger partial charge is 0.330 e. The van der Waals surface area contributed by atoms with Crippen molar-refractivity contribution in [2.24, 2.45) is 11.7 Å². The van der Waals surface area contributed by atoms with Crippen molar-refractivity contribution in [1.29, 1.82) is 0 Å². The molecule has 1 aromatic rings. The van der Waals surface area contributed by atoms with Crippen molar-refractivity contribution in [3.05, 3.63) is 33.8 Å². The Hall–Kier alpha value is -0.380. The second kappa shape index (κ2) is 5.55. The van der Waals surface area contributed by atoms with Crippen LogP contribution in [0.4, 0.5) is 0 Å². The van der Waals surface area contributed by atoms with Gasteiger partial charge >= 0.3 is 0 Å². The molecule has 2 aliphatic rings. The van der Waals surface area contributed by atoms with E-state index in [1.807, 2.05) is 0 Å². The van der Waals surface area contributed by atoms with Gasteiger partial charge in [0.1, 0.15) is 0 Å². The standard InChI is InChI=1S/C16H23BrN2/c1-11-4-5-12(9-15(11)17)16-13(10-18)3-2-8-19(16)14-6-7-14/h4-5,9,13-14,16H,2-3,6-8,10,18H2,1H3. The van der Waals surface area contributed by atoms with E-state index >= 15 is 0 Å². The second-order valence-electron chi connectivity index (χ2n) is 6.06. The summed E-state index contributed by atoms with van der Waals surface area (Å²) >= 11 is 3.68. The lowest BCUT2D eigenvalue weighted by molar-refractivity contribution is 0.0879. The topological polar surface area (TPSA) is 29.3 Å². The highest BCUT2D eigenvalue weighted by atomic mass is 79.9. The molecule has 0 aromatic heterocycles. The molecule has 2 nitrogen and oxygen atoms in total. The molecule has 19 heavy (non-hydrogen) atoms. The lowest BCUT2D eigenvalue weighted by Gasteiger charge is -2.42. The van der Waals surface area contributed by atoms with Crippen LogP contribution in [0, 0.1) is 12.8 Å². The smallest absolute Gasteiger partial charge is 0.0391 e. The summed E-state index contributed by atoms with van der Waals surface area (Å²) in [6.45, 7) is 4.20. The van der Waals surface area contributed by atoms with Gasteiger partial charge in [-0.15, -0.1) is 0 Å². The van der Waals surface area contributed by atoms with E-state index in [0.29, 0.717) is 12.0 Å². The van der Waals surface area contributed by atoms with E-state index < -0.39 is 0 Å². The minimum absolute atomic E-state index is 0.531. The first kappa shape index (κ1) is 13.6. The van der Waals surface area contributed by atoms with Crippen LogP contribution < -0.4 is 5.73 Å². The van der Waals surface area contributed by atoms with Crippen molar-refractivity contribution in [1.82, 2.24) is 4.90 Å². The molecule has 3 rings (SSSR count). The van der Waals surface area contributed by atoms with Gasteiger partial charge in [0, 0.05) is 16.6 Å². The molecular formula is C16H23BrN2. The fourth-order valence-electron chi connectivity index (χ4n) is 3.42. The third-order valence-corrected chi connectivity index (χ3v) is 5.51. The van der Waals surface area contributed by atoms with E-state index in [1.165, 1.54) is 47.8 Å². The lowest BCUT2D eigenvalue weighted by atomic mass is 9.84. The number of piperidine rings is 1. The molecule has 0 spiro atoms. The maximum atomic E-state index is 6.04. The molecule has 2 atom stereocenters. The molecule has 1 heterocycles. The van der Waals surface area contributed by atoms with Crippen molar-refractivity contribution in [3.8, 4) is 0 Å². The molecule has 1 aliphatic carbocycles. The molecule has 104 valence electrons. The van der Waals surface area contributed by atoms with Crippen molar-refractivity contribution in [2.75, 3.05) is 13.1 Å². The lowest BCUT2D eigenvalue weighted by Crippen LogP contribution is -2.42. The summed E-state index contributed by atoms with van der Waals surface area (Å²) in [6, 6.07) is 8.19. The molecule has 1 aliphatic heterocycles. The Morgan fingerprint density at radius 3 is 2.74 bits per heavy atom. The van der Waals surface area contributed by atoms with Gasteiger partial charge in [0.15, 0.2) is 0 Å². The van der Waals surface area contributed by atoms with Crippen LogP contribution in [0.15, 0.2) is 22.7 Å². The number of benzene rings is 1.